The van der Waals surface area contributed by atoms with Gasteiger partial charge in [0.2, 0.25) is 23.6 Å². The minimum atomic E-state index is -1.51. The van der Waals surface area contributed by atoms with Gasteiger partial charge in [0.1, 0.15) is 18.1 Å². The summed E-state index contributed by atoms with van der Waals surface area (Å²) < 4.78 is 0. The molecule has 4 amide bonds. The molecule has 12 heteroatoms. The van der Waals surface area contributed by atoms with E-state index in [1.54, 1.807) is 13.8 Å². The van der Waals surface area contributed by atoms with E-state index in [-0.39, 0.29) is 31.1 Å². The highest BCUT2D eigenvalue weighted by Crippen LogP contribution is 2.09. The summed E-state index contributed by atoms with van der Waals surface area (Å²) in [6.45, 7) is 6.18. The SMILES string of the molecule is CC(C)CC(NC(=O)C(NC(=O)C(N)CCC(N)=O)C(C)C)C(=O)NC(CO)C(=O)O. The Morgan fingerprint density at radius 1 is 0.871 bits per heavy atom. The van der Waals surface area contributed by atoms with Crippen molar-refractivity contribution in [3.8, 4) is 0 Å². The summed E-state index contributed by atoms with van der Waals surface area (Å²) in [6.07, 6.45) is 0.134. The molecule has 0 bridgehead atoms. The Morgan fingerprint density at radius 2 is 1.42 bits per heavy atom. The molecule has 0 fully saturated rings. The summed E-state index contributed by atoms with van der Waals surface area (Å²) in [5.74, 6) is -4.47. The van der Waals surface area contributed by atoms with Gasteiger partial charge in [-0.15, -0.1) is 0 Å². The van der Waals surface area contributed by atoms with Crippen molar-refractivity contribution < 1.29 is 34.2 Å². The molecule has 0 rings (SSSR count). The number of primary amides is 1. The predicted octanol–water partition coefficient (Wildman–Crippen LogP) is -2.19. The van der Waals surface area contributed by atoms with Gasteiger partial charge in [-0.1, -0.05) is 27.7 Å². The first-order valence-corrected chi connectivity index (χ1v) is 10.1. The minimum absolute atomic E-state index is 0.0176. The van der Waals surface area contributed by atoms with E-state index < -0.39 is 60.4 Å². The Kier molecular flexibility index (Phi) is 12.4. The van der Waals surface area contributed by atoms with Crippen LogP contribution in [-0.4, -0.2) is 70.6 Å². The van der Waals surface area contributed by atoms with Gasteiger partial charge in [-0.25, -0.2) is 4.79 Å². The molecule has 0 saturated heterocycles. The number of aliphatic hydroxyl groups excluding tert-OH is 1. The van der Waals surface area contributed by atoms with Gasteiger partial charge in [0.05, 0.1) is 12.6 Å². The molecule has 0 aliphatic heterocycles. The Morgan fingerprint density at radius 3 is 1.84 bits per heavy atom. The topological polar surface area (TPSA) is 214 Å². The third-order valence-electron chi connectivity index (χ3n) is 4.42. The van der Waals surface area contributed by atoms with Crippen molar-refractivity contribution in [3.63, 3.8) is 0 Å². The number of carbonyl (C=O) groups excluding carboxylic acids is 4. The number of aliphatic hydroxyl groups is 1. The van der Waals surface area contributed by atoms with E-state index in [0.717, 1.165) is 0 Å². The predicted molar refractivity (Wildman–Crippen MR) is 111 cm³/mol. The molecule has 9 N–H and O–H groups in total. The lowest BCUT2D eigenvalue weighted by atomic mass is 9.99. The molecule has 0 aromatic rings. The highest BCUT2D eigenvalue weighted by molar-refractivity contribution is 5.94. The number of rotatable bonds is 14. The molecule has 0 aliphatic carbocycles. The minimum Gasteiger partial charge on any atom is -0.480 e. The van der Waals surface area contributed by atoms with Crippen LogP contribution in [0.25, 0.3) is 0 Å². The molecular formula is C19H35N5O7. The third kappa shape index (κ3) is 10.7. The fourth-order valence-corrected chi connectivity index (χ4v) is 2.65. The number of nitrogens with one attached hydrogen (secondary N) is 3. The largest absolute Gasteiger partial charge is 0.480 e. The number of hydrogen-bond donors (Lipinski definition) is 7. The standard InChI is InChI=1S/C19H35N5O7/c1-9(2)7-12(17(28)23-13(8-25)19(30)31)22-18(29)15(10(3)4)24-16(27)11(20)5-6-14(21)26/h9-13,15,25H,5-8,20H2,1-4H3,(H2,21,26)(H,22,29)(H,23,28)(H,24,27)(H,30,31). The van der Waals surface area contributed by atoms with Gasteiger partial charge >= 0.3 is 5.97 Å². The molecule has 4 unspecified atom stereocenters. The molecule has 0 saturated carbocycles. The van der Waals surface area contributed by atoms with Gasteiger partial charge in [0.15, 0.2) is 0 Å². The molecule has 12 nitrogen and oxygen atoms in total. The van der Waals surface area contributed by atoms with E-state index in [1.165, 1.54) is 0 Å². The second-order valence-electron chi connectivity index (χ2n) is 8.11. The number of carboxylic acids is 1. The zero-order valence-electron chi connectivity index (χ0n) is 18.4. The molecule has 0 heterocycles. The number of nitrogens with two attached hydrogens (primary N) is 2. The van der Waals surface area contributed by atoms with E-state index >= 15 is 0 Å². The van der Waals surface area contributed by atoms with Crippen molar-refractivity contribution in [2.75, 3.05) is 6.61 Å². The molecule has 0 aliphatic rings. The van der Waals surface area contributed by atoms with Gasteiger partial charge in [-0.2, -0.15) is 0 Å². The average Bonchev–Trinajstić information content (AvgIpc) is 2.66. The lowest BCUT2D eigenvalue weighted by Gasteiger charge is -2.27. The molecule has 178 valence electrons. The average molecular weight is 446 g/mol. The third-order valence-corrected chi connectivity index (χ3v) is 4.42. The van der Waals surface area contributed by atoms with Crippen molar-refractivity contribution in [2.45, 2.75) is 71.1 Å². The fraction of sp³-hybridized carbons (Fsp3) is 0.737. The smallest absolute Gasteiger partial charge is 0.328 e. The maximum atomic E-state index is 12.8. The van der Waals surface area contributed by atoms with Crippen LogP contribution in [0.3, 0.4) is 0 Å². The van der Waals surface area contributed by atoms with Crippen LogP contribution in [0, 0.1) is 11.8 Å². The number of amides is 4. The van der Waals surface area contributed by atoms with Gasteiger partial charge in [-0.05, 0) is 24.7 Å². The first-order chi connectivity index (χ1) is 14.3. The normalized spacial score (nSPS) is 15.0. The Hall–Kier alpha value is -2.73. The Labute approximate surface area is 181 Å². The number of carboxylic acid groups (broad SMARTS) is 1. The highest BCUT2D eigenvalue weighted by Gasteiger charge is 2.31. The van der Waals surface area contributed by atoms with Crippen LogP contribution in [-0.2, 0) is 24.0 Å². The summed E-state index contributed by atoms with van der Waals surface area (Å²) in [5.41, 5.74) is 10.8. The van der Waals surface area contributed by atoms with E-state index in [0.29, 0.717) is 0 Å². The first-order valence-electron chi connectivity index (χ1n) is 10.1. The van der Waals surface area contributed by atoms with Crippen molar-refractivity contribution in [1.82, 2.24) is 16.0 Å². The number of aliphatic carboxylic acids is 1. The quantitative estimate of drug-likeness (QED) is 0.155. The van der Waals surface area contributed by atoms with Crippen molar-refractivity contribution >= 4 is 29.6 Å². The van der Waals surface area contributed by atoms with E-state index in [1.807, 2.05) is 13.8 Å². The Balaban J connectivity index is 5.30. The zero-order chi connectivity index (χ0) is 24.3. The monoisotopic (exact) mass is 445 g/mol. The highest BCUT2D eigenvalue weighted by atomic mass is 16.4. The molecular weight excluding hydrogens is 410 g/mol. The maximum absolute atomic E-state index is 12.8. The molecule has 0 radical (unpaired) electrons. The van der Waals surface area contributed by atoms with Crippen LogP contribution in [0.1, 0.15) is 47.0 Å². The van der Waals surface area contributed by atoms with Crippen LogP contribution in [0.2, 0.25) is 0 Å². The van der Waals surface area contributed by atoms with Crippen molar-refractivity contribution in [2.24, 2.45) is 23.3 Å². The van der Waals surface area contributed by atoms with Crippen LogP contribution in [0.4, 0.5) is 0 Å². The first kappa shape index (κ1) is 28.3. The summed E-state index contributed by atoms with van der Waals surface area (Å²) >= 11 is 0. The zero-order valence-corrected chi connectivity index (χ0v) is 18.4. The van der Waals surface area contributed by atoms with Crippen molar-refractivity contribution in [3.05, 3.63) is 0 Å². The fourth-order valence-electron chi connectivity index (χ4n) is 2.65. The van der Waals surface area contributed by atoms with Gasteiger partial charge in [0.25, 0.3) is 0 Å². The summed E-state index contributed by atoms with van der Waals surface area (Å²) in [5, 5.41) is 25.3. The molecule has 31 heavy (non-hydrogen) atoms. The molecule has 0 aromatic carbocycles. The van der Waals surface area contributed by atoms with Crippen LogP contribution >= 0.6 is 0 Å². The Bertz CT molecular complexity index is 654. The molecule has 0 spiro atoms. The van der Waals surface area contributed by atoms with Crippen molar-refractivity contribution in [1.29, 1.82) is 0 Å². The summed E-state index contributed by atoms with van der Waals surface area (Å²) in [6, 6.07) is -4.66. The number of carbonyl (C=O) groups is 5. The maximum Gasteiger partial charge on any atom is 0.328 e. The second-order valence-corrected chi connectivity index (χ2v) is 8.11. The van der Waals surface area contributed by atoms with Crippen LogP contribution in [0.15, 0.2) is 0 Å². The summed E-state index contributed by atoms with van der Waals surface area (Å²) in [7, 11) is 0. The van der Waals surface area contributed by atoms with Gasteiger partial charge < -0.3 is 37.6 Å². The molecule has 0 aromatic heterocycles. The summed E-state index contributed by atoms with van der Waals surface area (Å²) in [4.78, 5) is 59.5. The molecule has 4 atom stereocenters. The van der Waals surface area contributed by atoms with Crippen LogP contribution in [0.5, 0.6) is 0 Å². The lowest BCUT2D eigenvalue weighted by Crippen LogP contribution is -2.58. The number of hydrogen-bond acceptors (Lipinski definition) is 7. The van der Waals surface area contributed by atoms with E-state index in [9.17, 15) is 24.0 Å². The second kappa shape index (κ2) is 13.5. The van der Waals surface area contributed by atoms with E-state index in [2.05, 4.69) is 16.0 Å². The lowest BCUT2D eigenvalue weighted by molar-refractivity contribution is -0.143. The van der Waals surface area contributed by atoms with Gasteiger partial charge in [-0.3, -0.25) is 19.2 Å². The van der Waals surface area contributed by atoms with E-state index in [4.69, 9.17) is 21.7 Å². The van der Waals surface area contributed by atoms with Gasteiger partial charge in [0, 0.05) is 6.42 Å². The van der Waals surface area contributed by atoms with Crippen LogP contribution < -0.4 is 27.4 Å².